The smallest absolute Gasteiger partial charge is 0.337 e. The zero-order chi connectivity index (χ0) is 33.3. The molecule has 15 nitrogen and oxygen atoms in total. The van der Waals surface area contributed by atoms with Crippen molar-refractivity contribution in [2.24, 2.45) is 0 Å². The van der Waals surface area contributed by atoms with Crippen molar-refractivity contribution in [2.75, 3.05) is 57.5 Å². The van der Waals surface area contributed by atoms with E-state index in [0.717, 1.165) is 6.92 Å². The predicted molar refractivity (Wildman–Crippen MR) is 178 cm³/mol. The van der Waals surface area contributed by atoms with Crippen LogP contribution >= 0.6 is 67.8 Å². The van der Waals surface area contributed by atoms with Gasteiger partial charge in [-0.3, -0.25) is 24.0 Å². The minimum absolute atomic E-state index is 0.00196. The van der Waals surface area contributed by atoms with Crippen LogP contribution in [0.25, 0.3) is 0 Å². The number of nitrogens with zero attached hydrogens (tertiary/aromatic N) is 1. The van der Waals surface area contributed by atoms with Crippen molar-refractivity contribution in [1.82, 2.24) is 10.6 Å². The number of rotatable bonds is 15. The summed E-state index contributed by atoms with van der Waals surface area (Å²) in [6.45, 7) is 5.45. The lowest BCUT2D eigenvalue weighted by atomic mass is 10.1. The molecular weight excluding hydrogens is 915 g/mol. The molecule has 18 heteroatoms. The lowest BCUT2D eigenvalue weighted by Gasteiger charge is -2.29. The lowest BCUT2D eigenvalue weighted by Crippen LogP contribution is -2.42. The summed E-state index contributed by atoms with van der Waals surface area (Å²) in [6.07, 6.45) is -1.06. The van der Waals surface area contributed by atoms with E-state index in [1.165, 1.54) is 25.7 Å². The maximum Gasteiger partial charge on any atom is 0.337 e. The average molecular weight is 949 g/mol. The quantitative estimate of drug-likeness (QED) is 0.0716. The number of carbonyl (C=O) groups excluding carboxylic acids is 5. The molecule has 0 radical (unpaired) electrons. The Morgan fingerprint density at radius 2 is 1.33 bits per heavy atom. The van der Waals surface area contributed by atoms with Gasteiger partial charge in [0.15, 0.2) is 6.10 Å². The summed E-state index contributed by atoms with van der Waals surface area (Å²) in [6, 6.07) is 0. The number of amides is 2. The Morgan fingerprint density at radius 1 is 0.791 bits per heavy atom. The summed E-state index contributed by atoms with van der Waals surface area (Å²) >= 11 is 5.36. The number of hydrogen-bond acceptors (Lipinski definition) is 12. The average Bonchev–Trinajstić information content (AvgIpc) is 2.89. The number of benzene rings is 1. The largest absolute Gasteiger partial charge is 0.478 e. The summed E-state index contributed by atoms with van der Waals surface area (Å²) in [4.78, 5) is 72.8. The zero-order valence-corrected chi connectivity index (χ0v) is 30.3. The fraction of sp³-hybridized carbons (Fsp3) is 0.520. The molecule has 0 bridgehead atoms. The molecule has 1 aromatic rings. The van der Waals surface area contributed by atoms with Gasteiger partial charge < -0.3 is 45.1 Å². The number of carbonyl (C=O) groups is 6. The van der Waals surface area contributed by atoms with Gasteiger partial charge in [0.1, 0.15) is 13.2 Å². The molecule has 0 saturated heterocycles. The Labute approximate surface area is 289 Å². The second-order valence-electron chi connectivity index (χ2n) is 8.30. The third-order valence-corrected chi connectivity index (χ3v) is 8.03. The summed E-state index contributed by atoms with van der Waals surface area (Å²) in [5.74, 6) is -4.33. The second kappa shape index (κ2) is 21.8. The van der Waals surface area contributed by atoms with Crippen LogP contribution in [0.1, 0.15) is 48.4 Å². The van der Waals surface area contributed by atoms with Crippen LogP contribution in [0.4, 0.5) is 5.69 Å². The SMILES string of the molecule is CC(=O)OCCNC(=O)c1c(I)c(C(=O)O)c(I)c(N(CC(COC(C)=O)OC(C)=O)C(C)=O)c1I.OCCNCCO. The molecule has 5 N–H and O–H groups in total. The highest BCUT2D eigenvalue weighted by Gasteiger charge is 2.32. The number of esters is 3. The van der Waals surface area contributed by atoms with E-state index in [2.05, 4.69) is 10.6 Å². The van der Waals surface area contributed by atoms with Gasteiger partial charge in [-0.25, -0.2) is 4.79 Å². The summed E-state index contributed by atoms with van der Waals surface area (Å²) in [5.41, 5.74) is -0.0826. The van der Waals surface area contributed by atoms with E-state index < -0.39 is 41.8 Å². The third-order valence-electron chi connectivity index (χ3n) is 4.85. The number of aromatic carboxylic acids is 1. The summed E-state index contributed by atoms with van der Waals surface area (Å²) < 4.78 is 15.5. The highest BCUT2D eigenvalue weighted by Crippen LogP contribution is 2.38. The molecule has 1 unspecified atom stereocenters. The maximum atomic E-state index is 13.0. The van der Waals surface area contributed by atoms with E-state index in [0.29, 0.717) is 13.1 Å². The monoisotopic (exact) mass is 949 g/mol. The summed E-state index contributed by atoms with van der Waals surface area (Å²) in [5, 5.41) is 31.5. The van der Waals surface area contributed by atoms with Gasteiger partial charge in [0.2, 0.25) is 5.91 Å². The molecule has 0 fully saturated rings. The molecule has 242 valence electrons. The van der Waals surface area contributed by atoms with Gasteiger partial charge in [-0.1, -0.05) is 0 Å². The molecule has 0 spiro atoms. The van der Waals surface area contributed by atoms with Crippen LogP contribution < -0.4 is 15.5 Å². The number of ether oxygens (including phenoxy) is 3. The van der Waals surface area contributed by atoms with Gasteiger partial charge in [-0.05, 0) is 67.8 Å². The Morgan fingerprint density at radius 3 is 1.77 bits per heavy atom. The standard InChI is InChI=1S/C21H23I3N2O10.C4H11NO2/c1-9(27)26(7-13(36-12(4)30)8-35-11(3)29)19-17(23)14(16(22)15(18(19)24)21(32)33)20(31)25-5-6-34-10(2)28;6-3-1-5-2-4-7/h13H,5-8H2,1-4H3,(H,25,31)(H,32,33);5-7H,1-4H2. The molecule has 1 aromatic carbocycles. The Balaban J connectivity index is 0.00000223. The second-order valence-corrected chi connectivity index (χ2v) is 11.5. The molecule has 0 heterocycles. The van der Waals surface area contributed by atoms with Crippen molar-refractivity contribution in [3.05, 3.63) is 21.8 Å². The topological polar surface area (TPSA) is 218 Å². The van der Waals surface area contributed by atoms with Crippen LogP contribution in [0.15, 0.2) is 0 Å². The molecule has 0 aliphatic carbocycles. The lowest BCUT2D eigenvalue weighted by molar-refractivity contribution is -0.155. The van der Waals surface area contributed by atoms with Crippen LogP contribution in [0.5, 0.6) is 0 Å². The Kier molecular flexibility index (Phi) is 20.8. The molecule has 1 atom stereocenters. The molecular formula is C25H34I3N3O12. The minimum atomic E-state index is -1.32. The van der Waals surface area contributed by atoms with Crippen LogP contribution in [-0.4, -0.2) is 110 Å². The van der Waals surface area contributed by atoms with Crippen LogP contribution in [0.2, 0.25) is 0 Å². The van der Waals surface area contributed by atoms with Crippen LogP contribution in [0.3, 0.4) is 0 Å². The molecule has 0 aromatic heterocycles. The Hall–Kier alpha value is -1.89. The van der Waals surface area contributed by atoms with Crippen molar-refractivity contribution in [3.8, 4) is 0 Å². The molecule has 0 aliphatic rings. The highest BCUT2D eigenvalue weighted by molar-refractivity contribution is 14.1. The van der Waals surface area contributed by atoms with Crippen molar-refractivity contribution < 1.29 is 58.3 Å². The first-order valence-electron chi connectivity index (χ1n) is 12.5. The van der Waals surface area contributed by atoms with Gasteiger partial charge in [-0.2, -0.15) is 0 Å². The summed E-state index contributed by atoms with van der Waals surface area (Å²) in [7, 11) is 0. The van der Waals surface area contributed by atoms with Gasteiger partial charge in [0, 0.05) is 44.4 Å². The number of anilines is 1. The molecule has 0 aliphatic heterocycles. The fourth-order valence-corrected chi connectivity index (χ4v) is 7.86. The van der Waals surface area contributed by atoms with Crippen molar-refractivity contribution in [3.63, 3.8) is 0 Å². The Bertz CT molecular complexity index is 1160. The van der Waals surface area contributed by atoms with Crippen LogP contribution in [-0.2, 0) is 33.4 Å². The molecule has 0 saturated carbocycles. The maximum absolute atomic E-state index is 13.0. The van der Waals surface area contributed by atoms with E-state index in [1.807, 2.05) is 22.6 Å². The number of carboxylic acid groups (broad SMARTS) is 1. The van der Waals surface area contributed by atoms with E-state index in [9.17, 15) is 33.9 Å². The highest BCUT2D eigenvalue weighted by atomic mass is 127. The van der Waals surface area contributed by atoms with E-state index >= 15 is 0 Å². The molecule has 2 amide bonds. The first-order valence-corrected chi connectivity index (χ1v) is 15.7. The van der Waals surface area contributed by atoms with Crippen molar-refractivity contribution in [2.45, 2.75) is 33.8 Å². The van der Waals surface area contributed by atoms with Crippen molar-refractivity contribution >= 4 is 109 Å². The van der Waals surface area contributed by atoms with E-state index in [1.54, 1.807) is 45.2 Å². The molecule has 1 rings (SSSR count). The number of halogens is 3. The number of hydrogen-bond donors (Lipinski definition) is 5. The number of nitrogens with one attached hydrogen (secondary N) is 2. The number of aliphatic hydroxyl groups is 2. The van der Waals surface area contributed by atoms with E-state index in [-0.39, 0.29) is 67.0 Å². The third kappa shape index (κ3) is 15.1. The van der Waals surface area contributed by atoms with Gasteiger partial charge >= 0.3 is 23.9 Å². The van der Waals surface area contributed by atoms with Gasteiger partial charge in [0.05, 0.1) is 50.3 Å². The van der Waals surface area contributed by atoms with Crippen LogP contribution in [0, 0.1) is 10.7 Å². The first-order chi connectivity index (χ1) is 20.1. The molecule has 43 heavy (non-hydrogen) atoms. The van der Waals surface area contributed by atoms with Gasteiger partial charge in [-0.15, -0.1) is 0 Å². The fourth-order valence-electron chi connectivity index (χ4n) is 3.16. The van der Waals surface area contributed by atoms with Crippen molar-refractivity contribution in [1.29, 1.82) is 0 Å². The van der Waals surface area contributed by atoms with Gasteiger partial charge in [0.25, 0.3) is 5.91 Å². The number of carboxylic acids is 1. The zero-order valence-electron chi connectivity index (χ0n) is 23.8. The minimum Gasteiger partial charge on any atom is -0.478 e. The van der Waals surface area contributed by atoms with E-state index in [4.69, 9.17) is 24.4 Å². The number of aliphatic hydroxyl groups excluding tert-OH is 2. The predicted octanol–water partition coefficient (Wildman–Crippen LogP) is 0.900. The first kappa shape index (κ1) is 41.1. The normalized spacial score (nSPS) is 10.9.